The minimum Gasteiger partial charge on any atom is -0.507 e. The molecule has 0 aromatic heterocycles. The second-order valence-corrected chi connectivity index (χ2v) is 4.90. The van der Waals surface area contributed by atoms with Crippen molar-refractivity contribution in [3.8, 4) is 5.75 Å². The van der Waals surface area contributed by atoms with Crippen molar-refractivity contribution in [1.29, 1.82) is 0 Å². The van der Waals surface area contributed by atoms with Crippen molar-refractivity contribution in [2.45, 2.75) is 32.8 Å². The summed E-state index contributed by atoms with van der Waals surface area (Å²) in [5.74, 6) is 1.01. The molecule has 1 aliphatic rings. The van der Waals surface area contributed by atoms with Crippen LogP contribution in [0.3, 0.4) is 0 Å². The van der Waals surface area contributed by atoms with Crippen molar-refractivity contribution in [3.05, 3.63) is 23.8 Å². The zero-order valence-electron chi connectivity index (χ0n) is 10.6. The Bertz CT molecular complexity index is 386. The molecule has 1 saturated carbocycles. The number of aliphatic hydroxyl groups excluding tert-OH is 1. The lowest BCUT2D eigenvalue weighted by molar-refractivity contribution is 0.195. The van der Waals surface area contributed by atoms with Gasteiger partial charge in [0.15, 0.2) is 0 Å². The quantitative estimate of drug-likeness (QED) is 0.824. The summed E-state index contributed by atoms with van der Waals surface area (Å²) in [6, 6.07) is 5.55. The number of phenols is 1. The van der Waals surface area contributed by atoms with Gasteiger partial charge in [-0.2, -0.15) is 0 Å². The Morgan fingerprint density at radius 1 is 1.41 bits per heavy atom. The van der Waals surface area contributed by atoms with Gasteiger partial charge in [0.1, 0.15) is 5.75 Å². The fourth-order valence-corrected chi connectivity index (χ4v) is 2.11. The van der Waals surface area contributed by atoms with Crippen LogP contribution < -0.4 is 4.90 Å². The van der Waals surface area contributed by atoms with Crippen LogP contribution >= 0.6 is 0 Å². The molecule has 3 heteroatoms. The highest BCUT2D eigenvalue weighted by molar-refractivity contribution is 5.54. The van der Waals surface area contributed by atoms with Gasteiger partial charge in [-0.15, -0.1) is 0 Å². The molecule has 0 spiro atoms. The molecule has 1 aromatic rings. The third-order valence-corrected chi connectivity index (χ3v) is 3.39. The first-order chi connectivity index (χ1) is 8.11. The number of hydrogen-bond acceptors (Lipinski definition) is 3. The third-order valence-electron chi connectivity index (χ3n) is 3.39. The molecule has 0 aliphatic heterocycles. The summed E-state index contributed by atoms with van der Waals surface area (Å²) in [6.45, 7) is 5.81. The van der Waals surface area contributed by atoms with E-state index in [1.165, 1.54) is 12.8 Å². The van der Waals surface area contributed by atoms with Gasteiger partial charge in [0.25, 0.3) is 0 Å². The predicted molar refractivity (Wildman–Crippen MR) is 69.4 cm³/mol. The molecule has 1 aliphatic carbocycles. The minimum atomic E-state index is -0.623. The van der Waals surface area contributed by atoms with E-state index in [1.54, 1.807) is 13.0 Å². The number of anilines is 1. The lowest BCUT2D eigenvalue weighted by Gasteiger charge is -2.24. The minimum absolute atomic E-state index is 0.187. The van der Waals surface area contributed by atoms with E-state index in [0.717, 1.165) is 24.7 Å². The second kappa shape index (κ2) is 4.96. The van der Waals surface area contributed by atoms with Crippen LogP contribution in [-0.2, 0) is 0 Å². The first kappa shape index (κ1) is 12.2. The molecule has 0 heterocycles. The van der Waals surface area contributed by atoms with Gasteiger partial charge in [0, 0.05) is 30.4 Å². The lowest BCUT2D eigenvalue weighted by atomic mass is 10.1. The zero-order valence-corrected chi connectivity index (χ0v) is 10.6. The second-order valence-electron chi connectivity index (χ2n) is 4.90. The summed E-state index contributed by atoms with van der Waals surface area (Å²) in [6.07, 6.45) is 2.03. The van der Waals surface area contributed by atoms with E-state index in [0.29, 0.717) is 5.56 Å². The molecule has 1 atom stereocenters. The molecule has 1 unspecified atom stereocenters. The highest BCUT2D eigenvalue weighted by atomic mass is 16.3. The first-order valence-corrected chi connectivity index (χ1v) is 6.37. The fourth-order valence-electron chi connectivity index (χ4n) is 2.11. The van der Waals surface area contributed by atoms with E-state index in [4.69, 9.17) is 0 Å². The van der Waals surface area contributed by atoms with Gasteiger partial charge in [0.2, 0.25) is 0 Å². The fraction of sp³-hybridized carbons (Fsp3) is 0.571. The topological polar surface area (TPSA) is 43.7 Å². The summed E-state index contributed by atoms with van der Waals surface area (Å²) in [4.78, 5) is 2.28. The van der Waals surface area contributed by atoms with Crippen molar-refractivity contribution >= 4 is 5.69 Å². The van der Waals surface area contributed by atoms with Crippen LogP contribution in [-0.4, -0.2) is 23.3 Å². The third kappa shape index (κ3) is 2.91. The van der Waals surface area contributed by atoms with Gasteiger partial charge in [-0.3, -0.25) is 0 Å². The molecule has 0 saturated heterocycles. The van der Waals surface area contributed by atoms with E-state index in [-0.39, 0.29) is 5.75 Å². The molecule has 2 N–H and O–H groups in total. The molecule has 3 nitrogen and oxygen atoms in total. The molecule has 94 valence electrons. The zero-order chi connectivity index (χ0) is 12.4. The van der Waals surface area contributed by atoms with E-state index in [9.17, 15) is 10.2 Å². The summed E-state index contributed by atoms with van der Waals surface area (Å²) >= 11 is 0. The SMILES string of the molecule is CCN(CC1CC1)c1ccc(C(C)O)c(O)c1. The number of nitrogens with zero attached hydrogens (tertiary/aromatic N) is 1. The largest absolute Gasteiger partial charge is 0.507 e. The Hall–Kier alpha value is -1.22. The Labute approximate surface area is 103 Å². The van der Waals surface area contributed by atoms with Crippen LogP contribution in [0, 0.1) is 5.92 Å². The summed E-state index contributed by atoms with van der Waals surface area (Å²) in [5, 5.41) is 19.3. The van der Waals surface area contributed by atoms with Gasteiger partial charge in [-0.05, 0) is 38.7 Å². The highest BCUT2D eigenvalue weighted by Crippen LogP contribution is 2.33. The van der Waals surface area contributed by atoms with Crippen molar-refractivity contribution in [2.24, 2.45) is 5.92 Å². The van der Waals surface area contributed by atoms with Crippen molar-refractivity contribution in [2.75, 3.05) is 18.0 Å². The molecule has 0 radical (unpaired) electrons. The summed E-state index contributed by atoms with van der Waals surface area (Å²) in [5.41, 5.74) is 1.64. The molecular weight excluding hydrogens is 214 g/mol. The Kier molecular flexibility index (Phi) is 3.57. The van der Waals surface area contributed by atoms with Crippen molar-refractivity contribution in [3.63, 3.8) is 0 Å². The smallest absolute Gasteiger partial charge is 0.123 e. The molecule has 1 aromatic carbocycles. The normalized spacial score (nSPS) is 16.9. The maximum atomic E-state index is 9.87. The number of rotatable bonds is 5. The molecular formula is C14H21NO2. The van der Waals surface area contributed by atoms with Crippen LogP contribution in [0.25, 0.3) is 0 Å². The highest BCUT2D eigenvalue weighted by Gasteiger charge is 2.24. The maximum absolute atomic E-state index is 9.87. The van der Waals surface area contributed by atoms with Gasteiger partial charge >= 0.3 is 0 Å². The monoisotopic (exact) mass is 235 g/mol. The molecule has 2 rings (SSSR count). The number of benzene rings is 1. The van der Waals surface area contributed by atoms with Gasteiger partial charge in [-0.25, -0.2) is 0 Å². The molecule has 1 fully saturated rings. The van der Waals surface area contributed by atoms with E-state index >= 15 is 0 Å². The Morgan fingerprint density at radius 3 is 2.59 bits per heavy atom. The molecule has 0 bridgehead atoms. The Morgan fingerprint density at radius 2 is 2.12 bits per heavy atom. The lowest BCUT2D eigenvalue weighted by Crippen LogP contribution is -2.25. The van der Waals surface area contributed by atoms with Crippen LogP contribution in [0.4, 0.5) is 5.69 Å². The van der Waals surface area contributed by atoms with Crippen LogP contribution in [0.5, 0.6) is 5.75 Å². The predicted octanol–water partition coefficient (Wildman–Crippen LogP) is 2.68. The van der Waals surface area contributed by atoms with E-state index in [1.807, 2.05) is 12.1 Å². The summed E-state index contributed by atoms with van der Waals surface area (Å²) < 4.78 is 0. The van der Waals surface area contributed by atoms with Crippen LogP contribution in [0.1, 0.15) is 38.4 Å². The van der Waals surface area contributed by atoms with Gasteiger partial charge in [0.05, 0.1) is 6.10 Å². The van der Waals surface area contributed by atoms with Crippen molar-refractivity contribution < 1.29 is 10.2 Å². The first-order valence-electron chi connectivity index (χ1n) is 6.37. The number of aliphatic hydroxyl groups is 1. The van der Waals surface area contributed by atoms with Gasteiger partial charge < -0.3 is 15.1 Å². The number of aromatic hydroxyl groups is 1. The van der Waals surface area contributed by atoms with E-state index in [2.05, 4.69) is 11.8 Å². The molecule has 17 heavy (non-hydrogen) atoms. The average molecular weight is 235 g/mol. The van der Waals surface area contributed by atoms with Gasteiger partial charge in [-0.1, -0.05) is 6.07 Å². The number of phenolic OH excluding ortho intramolecular Hbond substituents is 1. The molecule has 0 amide bonds. The number of hydrogen-bond donors (Lipinski definition) is 2. The van der Waals surface area contributed by atoms with E-state index < -0.39 is 6.10 Å². The van der Waals surface area contributed by atoms with Crippen LogP contribution in [0.2, 0.25) is 0 Å². The maximum Gasteiger partial charge on any atom is 0.123 e. The standard InChI is InChI=1S/C14H21NO2/c1-3-15(9-11-4-5-11)12-6-7-13(10(2)16)14(17)8-12/h6-8,10-11,16-17H,3-5,9H2,1-2H3. The Balaban J connectivity index is 2.16. The summed E-state index contributed by atoms with van der Waals surface area (Å²) in [7, 11) is 0. The van der Waals surface area contributed by atoms with Crippen molar-refractivity contribution in [1.82, 2.24) is 0 Å². The average Bonchev–Trinajstić information content (AvgIpc) is 3.09. The van der Waals surface area contributed by atoms with Crippen LogP contribution in [0.15, 0.2) is 18.2 Å².